The molecule has 6 atom stereocenters. The number of benzene rings is 5. The summed E-state index contributed by atoms with van der Waals surface area (Å²) < 4.78 is 5.55. The van der Waals surface area contributed by atoms with Crippen molar-refractivity contribution in [3.05, 3.63) is 166 Å². The Labute approximate surface area is 327 Å². The van der Waals surface area contributed by atoms with Crippen molar-refractivity contribution >= 4 is 52.4 Å². The number of ether oxygens (including phenoxy) is 1. The number of halogens is 1. The Kier molecular flexibility index (Phi) is 8.50. The number of phenols is 1. The van der Waals surface area contributed by atoms with Gasteiger partial charge < -0.3 is 9.84 Å². The topological polar surface area (TPSA) is 121 Å². The first-order valence-corrected chi connectivity index (χ1v) is 18.9. The summed E-state index contributed by atoms with van der Waals surface area (Å²) in [6.45, 7) is 0. The second-order valence-electron chi connectivity index (χ2n) is 14.7. The molecule has 0 bridgehead atoms. The standard InChI is InChI=1S/C46H35ClN2O7/c1-56-37-17-9-16-34(41(37)51)39-32-22-23-33-38(44(54)48(42(33)52)30-20-18-27(19-21-30)40(50)26-10-4-2-5-11-26)35(32)25-36-43(53)49(31-15-8-14-29(47)24-31)45(55)46(36,39)28-12-6-3-7-13-28/h2-22,24,33,35-36,38-39,51H,23,25H2,1H3/t33-,35+,36-,38-,39+,46+/m0/s1. The number of anilines is 2. The monoisotopic (exact) mass is 762 g/mol. The molecule has 9 nitrogen and oxygen atoms in total. The molecule has 9 rings (SSSR count). The van der Waals surface area contributed by atoms with Gasteiger partial charge in [0.15, 0.2) is 17.3 Å². The molecule has 5 aromatic carbocycles. The third kappa shape index (κ3) is 5.10. The van der Waals surface area contributed by atoms with Crippen LogP contribution in [0.1, 0.15) is 45.8 Å². The molecule has 10 heteroatoms. The number of para-hydroxylation sites is 1. The third-order valence-corrected chi connectivity index (χ3v) is 12.4. The number of amides is 4. The molecule has 56 heavy (non-hydrogen) atoms. The minimum Gasteiger partial charge on any atom is -0.504 e. The first-order chi connectivity index (χ1) is 27.2. The first-order valence-electron chi connectivity index (χ1n) is 18.5. The van der Waals surface area contributed by atoms with Crippen molar-refractivity contribution in [2.75, 3.05) is 16.9 Å². The summed E-state index contributed by atoms with van der Waals surface area (Å²) in [5, 5.41) is 12.2. The Morgan fingerprint density at radius 1 is 0.732 bits per heavy atom. The van der Waals surface area contributed by atoms with Crippen LogP contribution >= 0.6 is 11.6 Å². The zero-order valence-corrected chi connectivity index (χ0v) is 30.9. The van der Waals surface area contributed by atoms with Gasteiger partial charge in [0.1, 0.15) is 0 Å². The smallest absolute Gasteiger partial charge is 0.246 e. The molecule has 0 aromatic heterocycles. The lowest BCUT2D eigenvalue weighted by Crippen LogP contribution is -2.53. The van der Waals surface area contributed by atoms with Crippen LogP contribution in [0.3, 0.4) is 0 Å². The van der Waals surface area contributed by atoms with E-state index in [0.29, 0.717) is 44.2 Å². The predicted octanol–water partition coefficient (Wildman–Crippen LogP) is 7.65. The Bertz CT molecular complexity index is 2480. The van der Waals surface area contributed by atoms with Gasteiger partial charge in [-0.3, -0.25) is 28.9 Å². The molecular formula is C46H35ClN2O7. The van der Waals surface area contributed by atoms with E-state index in [1.807, 2.05) is 42.5 Å². The van der Waals surface area contributed by atoms with Crippen LogP contribution in [0.15, 0.2) is 139 Å². The molecule has 2 saturated heterocycles. The molecule has 278 valence electrons. The zero-order chi connectivity index (χ0) is 38.9. The van der Waals surface area contributed by atoms with Gasteiger partial charge in [-0.25, -0.2) is 4.90 Å². The summed E-state index contributed by atoms with van der Waals surface area (Å²) >= 11 is 6.41. The highest BCUT2D eigenvalue weighted by Gasteiger charge is 2.70. The summed E-state index contributed by atoms with van der Waals surface area (Å²) in [5.74, 6) is -6.01. The molecule has 3 fully saturated rings. The number of hydrogen-bond donors (Lipinski definition) is 1. The van der Waals surface area contributed by atoms with Crippen LogP contribution in [0.2, 0.25) is 5.02 Å². The molecule has 0 spiro atoms. The minimum absolute atomic E-state index is 0.0993. The number of phenolic OH excluding ortho intramolecular Hbond substituents is 1. The Morgan fingerprint density at radius 3 is 2.11 bits per heavy atom. The average molecular weight is 763 g/mol. The van der Waals surface area contributed by atoms with Crippen molar-refractivity contribution in [3.63, 3.8) is 0 Å². The number of imide groups is 2. The highest BCUT2D eigenvalue weighted by Crippen LogP contribution is 2.65. The van der Waals surface area contributed by atoms with Crippen molar-refractivity contribution in [1.82, 2.24) is 0 Å². The van der Waals surface area contributed by atoms with Gasteiger partial charge in [-0.15, -0.1) is 0 Å². The number of methoxy groups -OCH3 is 1. The number of carbonyl (C=O) groups is 5. The SMILES string of the molecule is COc1cccc([C@H]2C3=CC[C@@H]4C(=O)N(c5ccc(C(=O)c6ccccc6)cc5)C(=O)[C@@H]4[C@@H]3C[C@H]3C(=O)N(c4cccc(Cl)c4)C(=O)[C@@]23c2ccccc2)c1O. The summed E-state index contributed by atoms with van der Waals surface area (Å²) in [6, 6.07) is 36.1. The van der Waals surface area contributed by atoms with E-state index in [2.05, 4.69) is 0 Å². The number of nitrogens with zero attached hydrogens (tertiary/aromatic N) is 2. The van der Waals surface area contributed by atoms with Crippen molar-refractivity contribution < 1.29 is 33.8 Å². The van der Waals surface area contributed by atoms with Crippen LogP contribution < -0.4 is 14.5 Å². The van der Waals surface area contributed by atoms with E-state index in [9.17, 15) is 24.3 Å². The lowest BCUT2D eigenvalue weighted by atomic mass is 9.49. The third-order valence-electron chi connectivity index (χ3n) is 12.2. The van der Waals surface area contributed by atoms with Crippen molar-refractivity contribution in [1.29, 1.82) is 0 Å². The number of rotatable bonds is 7. The average Bonchev–Trinajstić information content (AvgIpc) is 3.62. The van der Waals surface area contributed by atoms with Gasteiger partial charge in [0.25, 0.3) is 0 Å². The normalized spacial score (nSPS) is 25.4. The largest absolute Gasteiger partial charge is 0.504 e. The molecular weight excluding hydrogens is 728 g/mol. The Balaban J connectivity index is 1.18. The molecule has 2 aliphatic heterocycles. The molecule has 4 aliphatic rings. The maximum absolute atomic E-state index is 15.4. The zero-order valence-electron chi connectivity index (χ0n) is 30.2. The van der Waals surface area contributed by atoms with Crippen LogP contribution in [-0.4, -0.2) is 41.6 Å². The fraction of sp³-hybridized carbons (Fsp3) is 0.196. The molecule has 1 saturated carbocycles. The van der Waals surface area contributed by atoms with Gasteiger partial charge in [0.05, 0.1) is 41.7 Å². The van der Waals surface area contributed by atoms with Crippen LogP contribution in [0.25, 0.3) is 0 Å². The Morgan fingerprint density at radius 2 is 1.41 bits per heavy atom. The van der Waals surface area contributed by atoms with Crippen molar-refractivity contribution in [3.8, 4) is 11.5 Å². The van der Waals surface area contributed by atoms with E-state index in [-0.39, 0.29) is 36.0 Å². The molecule has 5 aromatic rings. The fourth-order valence-corrected chi connectivity index (χ4v) is 9.98. The van der Waals surface area contributed by atoms with Gasteiger partial charge in [-0.1, -0.05) is 102 Å². The second kappa shape index (κ2) is 13.5. The fourth-order valence-electron chi connectivity index (χ4n) is 9.80. The van der Waals surface area contributed by atoms with Gasteiger partial charge in [0.2, 0.25) is 23.6 Å². The van der Waals surface area contributed by atoms with Gasteiger partial charge in [-0.05, 0) is 72.9 Å². The highest BCUT2D eigenvalue weighted by molar-refractivity contribution is 6.32. The number of allylic oxidation sites excluding steroid dienone is 2. The number of carbonyl (C=O) groups excluding carboxylic acids is 5. The Hall–Kier alpha value is -6.32. The quantitative estimate of drug-likeness (QED) is 0.103. The minimum atomic E-state index is -1.55. The molecule has 1 N–H and O–H groups in total. The molecule has 0 unspecified atom stereocenters. The van der Waals surface area contributed by atoms with Crippen molar-refractivity contribution in [2.45, 2.75) is 24.2 Å². The van der Waals surface area contributed by atoms with E-state index in [1.54, 1.807) is 91.0 Å². The van der Waals surface area contributed by atoms with Crippen LogP contribution in [0.5, 0.6) is 11.5 Å². The second-order valence-corrected chi connectivity index (χ2v) is 15.2. The van der Waals surface area contributed by atoms with E-state index in [4.69, 9.17) is 16.3 Å². The van der Waals surface area contributed by atoms with E-state index >= 15 is 4.79 Å². The highest BCUT2D eigenvalue weighted by atomic mass is 35.5. The maximum Gasteiger partial charge on any atom is 0.246 e. The first kappa shape index (κ1) is 35.4. The summed E-state index contributed by atoms with van der Waals surface area (Å²) in [4.78, 5) is 74.9. The number of aromatic hydroxyl groups is 1. The lowest BCUT2D eigenvalue weighted by Gasteiger charge is -2.50. The predicted molar refractivity (Wildman–Crippen MR) is 210 cm³/mol. The number of fused-ring (bicyclic) bond motifs is 4. The number of ketones is 1. The van der Waals surface area contributed by atoms with E-state index in [1.165, 1.54) is 16.9 Å². The molecule has 2 aliphatic carbocycles. The molecule has 0 radical (unpaired) electrons. The summed E-state index contributed by atoms with van der Waals surface area (Å²) in [6.07, 6.45) is 2.24. The van der Waals surface area contributed by atoms with Gasteiger partial charge in [0, 0.05) is 27.6 Å². The van der Waals surface area contributed by atoms with Gasteiger partial charge in [-0.2, -0.15) is 0 Å². The maximum atomic E-state index is 15.4. The molecule has 4 amide bonds. The van der Waals surface area contributed by atoms with Crippen LogP contribution in [0, 0.1) is 23.7 Å². The van der Waals surface area contributed by atoms with Gasteiger partial charge >= 0.3 is 0 Å². The van der Waals surface area contributed by atoms with E-state index in [0.717, 1.165) is 0 Å². The lowest BCUT2D eigenvalue weighted by molar-refractivity contribution is -0.127. The number of hydrogen-bond acceptors (Lipinski definition) is 7. The summed E-state index contributed by atoms with van der Waals surface area (Å²) in [7, 11) is 1.44. The van der Waals surface area contributed by atoms with Crippen molar-refractivity contribution in [2.24, 2.45) is 23.7 Å². The molecule has 2 heterocycles. The summed E-state index contributed by atoms with van der Waals surface area (Å²) in [5.41, 5.74) is 1.70. The van der Waals surface area contributed by atoms with Crippen LogP contribution in [0.4, 0.5) is 11.4 Å². The van der Waals surface area contributed by atoms with E-state index < -0.39 is 52.7 Å². The van der Waals surface area contributed by atoms with Crippen LogP contribution in [-0.2, 0) is 24.6 Å².